The zero-order valence-corrected chi connectivity index (χ0v) is 15.9. The molecule has 0 amide bonds. The van der Waals surface area contributed by atoms with Crippen molar-refractivity contribution in [1.29, 1.82) is 0 Å². The van der Waals surface area contributed by atoms with Crippen LogP contribution in [0, 0.1) is 13.8 Å². The Balaban J connectivity index is 0.000000162. The van der Waals surface area contributed by atoms with E-state index in [2.05, 4.69) is 30.6 Å². The lowest BCUT2D eigenvalue weighted by Crippen LogP contribution is -1.99. The first-order chi connectivity index (χ1) is 13.7. The average Bonchev–Trinajstić information content (AvgIpc) is 2.70. The van der Waals surface area contributed by atoms with E-state index in [1.54, 1.807) is 18.5 Å². The van der Waals surface area contributed by atoms with Gasteiger partial charge in [-0.3, -0.25) is 0 Å². The van der Waals surface area contributed by atoms with E-state index in [0.717, 1.165) is 22.8 Å². The van der Waals surface area contributed by atoms with E-state index in [-0.39, 0.29) is 0 Å². The molecule has 4 aromatic rings. The van der Waals surface area contributed by atoms with Crippen LogP contribution in [0.2, 0.25) is 0 Å². The predicted molar refractivity (Wildman–Crippen MR) is 113 cm³/mol. The topological polar surface area (TPSA) is 75.6 Å². The van der Waals surface area contributed by atoms with Crippen molar-refractivity contribution in [3.8, 4) is 0 Å². The molecule has 0 bridgehead atoms. The Labute approximate surface area is 164 Å². The first kappa shape index (κ1) is 19.0. The average molecular weight is 370 g/mol. The summed E-state index contributed by atoms with van der Waals surface area (Å²) in [4.78, 5) is 16.7. The minimum absolute atomic E-state index is 0.619. The lowest BCUT2D eigenvalue weighted by molar-refractivity contribution is 1.06. The standard InChI is InChI=1S/C12H13N3.C10H9N3/c1-9-8-10(2)14-12(13-9)15-11-6-4-3-5-7-11;1-2-5-9(6-3-1)13-10-11-7-4-8-12-10/h3-8H,1-2H3,(H,13,14,15);1-8H,(H,11,12,13). The van der Waals surface area contributed by atoms with E-state index in [1.165, 1.54) is 0 Å². The van der Waals surface area contributed by atoms with Crippen LogP contribution in [0.1, 0.15) is 11.4 Å². The summed E-state index contributed by atoms with van der Waals surface area (Å²) in [7, 11) is 0. The summed E-state index contributed by atoms with van der Waals surface area (Å²) in [5, 5.41) is 6.24. The first-order valence-corrected chi connectivity index (χ1v) is 8.92. The number of nitrogens with one attached hydrogen (secondary N) is 2. The molecule has 0 saturated carbocycles. The van der Waals surface area contributed by atoms with Crippen molar-refractivity contribution in [2.24, 2.45) is 0 Å². The molecule has 2 aromatic carbocycles. The third kappa shape index (κ3) is 6.17. The van der Waals surface area contributed by atoms with Gasteiger partial charge in [0.2, 0.25) is 11.9 Å². The molecule has 6 heteroatoms. The normalized spacial score (nSPS) is 9.79. The SMILES string of the molecule is Cc1cc(C)nc(Nc2ccccc2)n1.c1ccc(Nc2ncccn2)cc1. The number of nitrogens with zero attached hydrogens (tertiary/aromatic N) is 4. The molecule has 2 heterocycles. The van der Waals surface area contributed by atoms with Gasteiger partial charge in [0.25, 0.3) is 0 Å². The molecule has 2 N–H and O–H groups in total. The van der Waals surface area contributed by atoms with Gasteiger partial charge < -0.3 is 10.6 Å². The third-order valence-electron chi connectivity index (χ3n) is 3.61. The molecule has 28 heavy (non-hydrogen) atoms. The van der Waals surface area contributed by atoms with E-state index in [9.17, 15) is 0 Å². The van der Waals surface area contributed by atoms with E-state index in [0.29, 0.717) is 11.9 Å². The number of aryl methyl sites for hydroxylation is 2. The van der Waals surface area contributed by atoms with Gasteiger partial charge in [0.1, 0.15) is 0 Å². The van der Waals surface area contributed by atoms with Crippen LogP contribution < -0.4 is 10.6 Å². The summed E-state index contributed by atoms with van der Waals surface area (Å²) in [6.07, 6.45) is 3.41. The van der Waals surface area contributed by atoms with Gasteiger partial charge in [-0.1, -0.05) is 36.4 Å². The molecule has 140 valence electrons. The van der Waals surface area contributed by atoms with Gasteiger partial charge in [-0.05, 0) is 50.2 Å². The highest BCUT2D eigenvalue weighted by atomic mass is 15.1. The maximum Gasteiger partial charge on any atom is 0.227 e. The summed E-state index contributed by atoms with van der Waals surface area (Å²) in [6.45, 7) is 3.93. The van der Waals surface area contributed by atoms with Gasteiger partial charge in [-0.15, -0.1) is 0 Å². The number of hydrogen-bond acceptors (Lipinski definition) is 6. The number of anilines is 4. The first-order valence-electron chi connectivity index (χ1n) is 8.92. The molecule has 6 nitrogen and oxygen atoms in total. The molecular formula is C22H22N6. The molecule has 4 rings (SSSR count). The summed E-state index contributed by atoms with van der Waals surface area (Å²) in [5.74, 6) is 1.27. The number of benzene rings is 2. The minimum Gasteiger partial charge on any atom is -0.324 e. The maximum atomic E-state index is 4.31. The van der Waals surface area contributed by atoms with Crippen molar-refractivity contribution in [2.45, 2.75) is 13.8 Å². The molecule has 0 saturated heterocycles. The Morgan fingerprint density at radius 2 is 1.04 bits per heavy atom. The van der Waals surface area contributed by atoms with Crippen molar-refractivity contribution in [3.05, 3.63) is 96.6 Å². The zero-order chi connectivity index (χ0) is 19.6. The quantitative estimate of drug-likeness (QED) is 0.523. The minimum atomic E-state index is 0.619. The third-order valence-corrected chi connectivity index (χ3v) is 3.61. The fourth-order valence-corrected chi connectivity index (χ4v) is 2.45. The Morgan fingerprint density at radius 3 is 1.54 bits per heavy atom. The molecule has 0 atom stereocenters. The lowest BCUT2D eigenvalue weighted by atomic mass is 10.3. The number of aromatic nitrogens is 4. The Kier molecular flexibility index (Phi) is 6.62. The van der Waals surface area contributed by atoms with Crippen LogP contribution in [0.3, 0.4) is 0 Å². The van der Waals surface area contributed by atoms with Crippen molar-refractivity contribution in [1.82, 2.24) is 19.9 Å². The second-order valence-corrected chi connectivity index (χ2v) is 6.03. The van der Waals surface area contributed by atoms with Gasteiger partial charge in [0.05, 0.1) is 0 Å². The largest absolute Gasteiger partial charge is 0.324 e. The summed E-state index contributed by atoms with van der Waals surface area (Å²) >= 11 is 0. The summed E-state index contributed by atoms with van der Waals surface area (Å²) < 4.78 is 0. The highest BCUT2D eigenvalue weighted by Gasteiger charge is 1.99. The second kappa shape index (κ2) is 9.78. The van der Waals surface area contributed by atoms with Crippen LogP contribution in [-0.2, 0) is 0 Å². The van der Waals surface area contributed by atoms with Gasteiger partial charge in [0.15, 0.2) is 0 Å². The maximum absolute atomic E-state index is 4.31. The van der Waals surface area contributed by atoms with E-state index < -0.39 is 0 Å². The monoisotopic (exact) mass is 370 g/mol. The molecule has 2 aromatic heterocycles. The summed E-state index contributed by atoms with van der Waals surface area (Å²) in [6, 6.07) is 23.5. The van der Waals surface area contributed by atoms with Crippen LogP contribution in [-0.4, -0.2) is 19.9 Å². The molecule has 0 unspecified atom stereocenters. The Hall–Kier alpha value is -3.80. The Morgan fingerprint density at radius 1 is 0.571 bits per heavy atom. The smallest absolute Gasteiger partial charge is 0.227 e. The molecule has 0 fully saturated rings. The molecule has 0 spiro atoms. The van der Waals surface area contributed by atoms with Gasteiger partial charge in [0, 0.05) is 35.2 Å². The van der Waals surface area contributed by atoms with Crippen molar-refractivity contribution in [2.75, 3.05) is 10.6 Å². The zero-order valence-electron chi connectivity index (χ0n) is 15.9. The van der Waals surface area contributed by atoms with E-state index >= 15 is 0 Å². The fraction of sp³-hybridized carbons (Fsp3) is 0.0909. The highest BCUT2D eigenvalue weighted by molar-refractivity contribution is 5.53. The van der Waals surface area contributed by atoms with E-state index in [4.69, 9.17) is 0 Å². The lowest BCUT2D eigenvalue weighted by Gasteiger charge is -2.05. The number of hydrogen-bond donors (Lipinski definition) is 2. The van der Waals surface area contributed by atoms with Crippen LogP contribution in [0.4, 0.5) is 23.3 Å². The van der Waals surface area contributed by atoms with Crippen molar-refractivity contribution in [3.63, 3.8) is 0 Å². The second-order valence-electron chi connectivity index (χ2n) is 6.03. The van der Waals surface area contributed by atoms with Gasteiger partial charge in [-0.25, -0.2) is 19.9 Å². The van der Waals surface area contributed by atoms with E-state index in [1.807, 2.05) is 80.6 Å². The Bertz CT molecular complexity index is 918. The van der Waals surface area contributed by atoms with Crippen LogP contribution in [0.25, 0.3) is 0 Å². The van der Waals surface area contributed by atoms with Gasteiger partial charge in [-0.2, -0.15) is 0 Å². The van der Waals surface area contributed by atoms with Crippen LogP contribution in [0.5, 0.6) is 0 Å². The molecule has 0 aliphatic heterocycles. The van der Waals surface area contributed by atoms with Crippen molar-refractivity contribution >= 4 is 23.3 Å². The summed E-state index contributed by atoms with van der Waals surface area (Å²) in [5.41, 5.74) is 3.94. The fourth-order valence-electron chi connectivity index (χ4n) is 2.45. The highest BCUT2D eigenvalue weighted by Crippen LogP contribution is 2.12. The molecule has 0 radical (unpaired) electrons. The van der Waals surface area contributed by atoms with Crippen LogP contribution in [0.15, 0.2) is 85.2 Å². The number of rotatable bonds is 4. The molecule has 0 aliphatic carbocycles. The number of para-hydroxylation sites is 2. The predicted octanol–water partition coefficient (Wildman–Crippen LogP) is 5.06. The molecular weight excluding hydrogens is 348 g/mol. The molecule has 0 aliphatic rings. The van der Waals surface area contributed by atoms with Gasteiger partial charge >= 0.3 is 0 Å². The van der Waals surface area contributed by atoms with Crippen LogP contribution >= 0.6 is 0 Å². The van der Waals surface area contributed by atoms with Crippen molar-refractivity contribution < 1.29 is 0 Å².